The second-order valence-corrected chi connectivity index (χ2v) is 20.9. The topological polar surface area (TPSA) is 19.6 Å². The smallest absolute Gasteiger partial charge is 0.136 e. The van der Waals surface area contributed by atoms with Crippen molar-refractivity contribution in [1.82, 2.24) is 0 Å². The zero-order valence-electron chi connectivity index (χ0n) is 40.9. The summed E-state index contributed by atoms with van der Waals surface area (Å²) >= 11 is 0. The van der Waals surface area contributed by atoms with Gasteiger partial charge in [-0.15, -0.1) is 0 Å². The molecule has 3 heteroatoms. The highest BCUT2D eigenvalue weighted by molar-refractivity contribution is 6.14. The average Bonchev–Trinajstić information content (AvgIpc) is 3.69. The maximum Gasteiger partial charge on any atom is 0.136 e. The van der Waals surface area contributed by atoms with Crippen LogP contribution in [0.1, 0.15) is 63.8 Å². The molecule has 0 amide bonds. The van der Waals surface area contributed by atoms with Gasteiger partial charge in [0.2, 0.25) is 0 Å². The van der Waals surface area contributed by atoms with Gasteiger partial charge in [0.25, 0.3) is 0 Å². The number of rotatable bonds is 8. The molecule has 1 aromatic heterocycles. The van der Waals surface area contributed by atoms with Gasteiger partial charge < -0.3 is 14.2 Å². The van der Waals surface area contributed by atoms with Gasteiger partial charge in [0.15, 0.2) is 0 Å². The highest BCUT2D eigenvalue weighted by Crippen LogP contribution is 2.46. The molecule has 0 aliphatic rings. The van der Waals surface area contributed by atoms with Crippen molar-refractivity contribution in [3.05, 3.63) is 229 Å². The third-order valence-corrected chi connectivity index (χ3v) is 13.8. The van der Waals surface area contributed by atoms with E-state index in [4.69, 9.17) is 4.42 Å². The lowest BCUT2D eigenvalue weighted by Crippen LogP contribution is -2.14. The van der Waals surface area contributed by atoms with Crippen LogP contribution in [0.4, 0.5) is 34.1 Å². The van der Waals surface area contributed by atoms with E-state index in [0.717, 1.165) is 66.8 Å². The Morgan fingerprint density at radius 2 is 0.710 bits per heavy atom. The molecule has 0 N–H and O–H groups in total. The molecule has 1 heterocycles. The Hall–Kier alpha value is -7.88. The predicted octanol–water partition coefficient (Wildman–Crippen LogP) is 19.4. The standard InChI is InChI=1S/C66H58N2O/c1-43-19-33-61(57(35-43)45-15-11-9-12-16-45)67(53-29-23-51(24-30-53)65(3,4)5)55-27-21-47-39-59-60-40-48-22-28-56(38-50(48)42-64(60)69-63(59)41-49(47)37-55)68(54-31-25-52(26-32-54)66(6,7)8)62-34-20-44(2)36-58(62)46-17-13-10-14-18-46/h9-42H,1-8H3. The molecule has 338 valence electrons. The van der Waals surface area contributed by atoms with Crippen LogP contribution in [-0.2, 0) is 10.8 Å². The van der Waals surface area contributed by atoms with E-state index in [1.807, 2.05) is 0 Å². The Bertz CT molecular complexity index is 3440. The first kappa shape index (κ1) is 43.7. The summed E-state index contributed by atoms with van der Waals surface area (Å²) in [5.74, 6) is 0. The molecule has 0 atom stereocenters. The molecule has 0 saturated heterocycles. The first-order valence-corrected chi connectivity index (χ1v) is 24.2. The maximum absolute atomic E-state index is 6.85. The van der Waals surface area contributed by atoms with Gasteiger partial charge in [0, 0.05) is 44.6 Å². The lowest BCUT2D eigenvalue weighted by atomic mass is 9.87. The zero-order valence-corrected chi connectivity index (χ0v) is 40.9. The summed E-state index contributed by atoms with van der Waals surface area (Å²) in [5.41, 5.74) is 18.3. The highest BCUT2D eigenvalue weighted by atomic mass is 16.3. The fraction of sp³-hybridized carbons (Fsp3) is 0.152. The van der Waals surface area contributed by atoms with Crippen molar-refractivity contribution in [1.29, 1.82) is 0 Å². The van der Waals surface area contributed by atoms with Crippen LogP contribution in [0, 0.1) is 13.8 Å². The molecule has 10 aromatic carbocycles. The Labute approximate surface area is 406 Å². The van der Waals surface area contributed by atoms with Crippen LogP contribution >= 0.6 is 0 Å². The number of anilines is 6. The minimum absolute atomic E-state index is 0.0464. The average molecular weight is 895 g/mol. The molecule has 3 nitrogen and oxygen atoms in total. The van der Waals surface area contributed by atoms with E-state index in [1.165, 1.54) is 55.3 Å². The molecular formula is C66H58N2O. The summed E-state index contributed by atoms with van der Waals surface area (Å²) in [4.78, 5) is 4.81. The quantitative estimate of drug-likeness (QED) is 0.152. The third kappa shape index (κ3) is 8.33. The van der Waals surface area contributed by atoms with Crippen LogP contribution in [0.5, 0.6) is 0 Å². The highest BCUT2D eigenvalue weighted by Gasteiger charge is 2.23. The molecule has 0 aliphatic heterocycles. The third-order valence-electron chi connectivity index (χ3n) is 13.8. The van der Waals surface area contributed by atoms with E-state index in [0.29, 0.717) is 0 Å². The first-order chi connectivity index (χ1) is 33.2. The molecule has 69 heavy (non-hydrogen) atoms. The fourth-order valence-electron chi connectivity index (χ4n) is 9.98. The van der Waals surface area contributed by atoms with E-state index in [9.17, 15) is 0 Å². The summed E-state index contributed by atoms with van der Waals surface area (Å²) in [6.07, 6.45) is 0. The molecule has 0 saturated carbocycles. The monoisotopic (exact) mass is 894 g/mol. The van der Waals surface area contributed by atoms with Gasteiger partial charge in [0.05, 0.1) is 11.4 Å². The maximum atomic E-state index is 6.85. The Morgan fingerprint density at radius 1 is 0.333 bits per heavy atom. The molecule has 0 aliphatic carbocycles. The van der Waals surface area contributed by atoms with Crippen molar-refractivity contribution < 1.29 is 4.42 Å². The lowest BCUT2D eigenvalue weighted by molar-refractivity contribution is 0.590. The predicted molar refractivity (Wildman–Crippen MR) is 296 cm³/mol. The second kappa shape index (κ2) is 17.0. The van der Waals surface area contributed by atoms with Crippen molar-refractivity contribution >= 4 is 77.6 Å². The van der Waals surface area contributed by atoms with E-state index in [2.05, 4.69) is 271 Å². The molecule has 0 unspecified atom stereocenters. The number of furan rings is 1. The van der Waals surface area contributed by atoms with E-state index < -0.39 is 0 Å². The number of aryl methyl sites for hydroxylation is 2. The van der Waals surface area contributed by atoms with Crippen LogP contribution in [0.15, 0.2) is 211 Å². The van der Waals surface area contributed by atoms with Crippen LogP contribution < -0.4 is 9.80 Å². The minimum Gasteiger partial charge on any atom is -0.456 e. The van der Waals surface area contributed by atoms with Crippen LogP contribution in [-0.4, -0.2) is 0 Å². The Balaban J connectivity index is 1.03. The van der Waals surface area contributed by atoms with Crippen molar-refractivity contribution in [3.8, 4) is 22.3 Å². The number of nitrogens with zero attached hydrogens (tertiary/aromatic N) is 2. The summed E-state index contributed by atoms with van der Waals surface area (Å²) in [5, 5.41) is 6.80. The van der Waals surface area contributed by atoms with Gasteiger partial charge in [-0.25, -0.2) is 0 Å². The van der Waals surface area contributed by atoms with E-state index in [-0.39, 0.29) is 10.8 Å². The van der Waals surface area contributed by atoms with Crippen molar-refractivity contribution in [2.24, 2.45) is 0 Å². The van der Waals surface area contributed by atoms with Crippen molar-refractivity contribution in [2.75, 3.05) is 9.80 Å². The number of benzene rings is 10. The Morgan fingerprint density at radius 3 is 1.09 bits per heavy atom. The molecular weight excluding hydrogens is 837 g/mol. The number of hydrogen-bond donors (Lipinski definition) is 0. The Kier molecular flexibility index (Phi) is 10.8. The lowest BCUT2D eigenvalue weighted by Gasteiger charge is -2.29. The van der Waals surface area contributed by atoms with Gasteiger partial charge in [-0.3, -0.25) is 0 Å². The summed E-state index contributed by atoms with van der Waals surface area (Å²) in [6.45, 7) is 18.0. The first-order valence-electron chi connectivity index (χ1n) is 24.2. The van der Waals surface area contributed by atoms with Gasteiger partial charge in [-0.05, 0) is 166 Å². The second-order valence-electron chi connectivity index (χ2n) is 20.9. The van der Waals surface area contributed by atoms with Gasteiger partial charge >= 0.3 is 0 Å². The SMILES string of the molecule is Cc1ccc(N(c2ccc(C(C)(C)C)cc2)c2ccc3cc4c(cc3c2)oc2cc3cc(N(c5ccc(C(C)(C)C)cc5)c5ccc(C)cc5-c5ccccc5)ccc3cc24)c(-c2ccccc2)c1. The van der Waals surface area contributed by atoms with Gasteiger partial charge in [-0.2, -0.15) is 0 Å². The molecule has 0 fully saturated rings. The van der Waals surface area contributed by atoms with Crippen LogP contribution in [0.25, 0.3) is 65.7 Å². The molecule has 0 bridgehead atoms. The molecule has 0 radical (unpaired) electrons. The number of fused-ring (bicyclic) bond motifs is 5. The molecule has 0 spiro atoms. The summed E-state index contributed by atoms with van der Waals surface area (Å²) < 4.78 is 6.85. The van der Waals surface area contributed by atoms with Crippen molar-refractivity contribution in [2.45, 2.75) is 66.2 Å². The van der Waals surface area contributed by atoms with Gasteiger partial charge in [-0.1, -0.05) is 162 Å². The van der Waals surface area contributed by atoms with Gasteiger partial charge in [0.1, 0.15) is 11.2 Å². The summed E-state index contributed by atoms with van der Waals surface area (Å²) in [6, 6.07) is 75.9. The van der Waals surface area contributed by atoms with Crippen LogP contribution in [0.2, 0.25) is 0 Å². The number of hydrogen-bond acceptors (Lipinski definition) is 3. The van der Waals surface area contributed by atoms with E-state index in [1.54, 1.807) is 0 Å². The van der Waals surface area contributed by atoms with Crippen LogP contribution in [0.3, 0.4) is 0 Å². The van der Waals surface area contributed by atoms with Crippen molar-refractivity contribution in [3.63, 3.8) is 0 Å². The largest absolute Gasteiger partial charge is 0.456 e. The normalized spacial score (nSPS) is 12.1. The zero-order chi connectivity index (χ0) is 47.6. The minimum atomic E-state index is 0.0464. The fourth-order valence-corrected chi connectivity index (χ4v) is 9.98. The molecule has 11 aromatic rings. The summed E-state index contributed by atoms with van der Waals surface area (Å²) in [7, 11) is 0. The molecule has 11 rings (SSSR count). The van der Waals surface area contributed by atoms with E-state index >= 15 is 0 Å².